The number of amides is 1. The minimum atomic E-state index is -0.0463. The van der Waals surface area contributed by atoms with Crippen LogP contribution in [-0.4, -0.2) is 37.3 Å². The summed E-state index contributed by atoms with van der Waals surface area (Å²) in [4.78, 5) is 20.0. The van der Waals surface area contributed by atoms with Gasteiger partial charge in [-0.3, -0.25) is 4.79 Å². The Morgan fingerprint density at radius 1 is 1.28 bits per heavy atom. The van der Waals surface area contributed by atoms with E-state index in [1.54, 1.807) is 6.92 Å². The first kappa shape index (κ1) is 16.3. The molecule has 0 saturated heterocycles. The Morgan fingerprint density at radius 2 is 2.04 bits per heavy atom. The molecule has 7 heteroatoms. The second kappa shape index (κ2) is 5.97. The summed E-state index contributed by atoms with van der Waals surface area (Å²) >= 11 is 0. The van der Waals surface area contributed by atoms with E-state index < -0.39 is 0 Å². The van der Waals surface area contributed by atoms with Crippen molar-refractivity contribution in [3.8, 4) is 0 Å². The first-order valence-electron chi connectivity index (χ1n) is 9.14. The van der Waals surface area contributed by atoms with Crippen molar-refractivity contribution in [2.45, 2.75) is 65.5 Å². The van der Waals surface area contributed by atoms with E-state index in [1.807, 2.05) is 16.5 Å². The zero-order valence-corrected chi connectivity index (χ0v) is 15.3. The van der Waals surface area contributed by atoms with E-state index in [2.05, 4.69) is 19.0 Å². The summed E-state index contributed by atoms with van der Waals surface area (Å²) in [7, 11) is 0. The highest BCUT2D eigenvalue weighted by molar-refractivity contribution is 5.96. The smallest absolute Gasteiger partial charge is 0.260 e. The summed E-state index contributed by atoms with van der Waals surface area (Å²) in [5.41, 5.74) is 1.24. The highest BCUT2D eigenvalue weighted by Crippen LogP contribution is 2.40. The lowest BCUT2D eigenvalue weighted by molar-refractivity contribution is 0.0576. The minimum Gasteiger partial charge on any atom is -0.361 e. The summed E-state index contributed by atoms with van der Waals surface area (Å²) < 4.78 is 7.22. The number of rotatable bonds is 4. The first-order valence-corrected chi connectivity index (χ1v) is 9.14. The lowest BCUT2D eigenvalue weighted by Crippen LogP contribution is -2.43. The van der Waals surface area contributed by atoms with Crippen molar-refractivity contribution in [2.24, 2.45) is 5.92 Å². The summed E-state index contributed by atoms with van der Waals surface area (Å²) in [6.07, 6.45) is 3.23. The number of nitrogens with zero attached hydrogens (tertiary/aromatic N) is 5. The van der Waals surface area contributed by atoms with Crippen LogP contribution in [0.4, 0.5) is 0 Å². The molecule has 4 rings (SSSR count). The average molecular weight is 343 g/mol. The fourth-order valence-corrected chi connectivity index (χ4v) is 3.65. The third-order valence-electron chi connectivity index (χ3n) is 5.09. The number of aryl methyl sites for hydroxylation is 2. The summed E-state index contributed by atoms with van der Waals surface area (Å²) in [6.45, 7) is 9.30. The molecule has 1 fully saturated rings. The number of hydrogen-bond acceptors (Lipinski definition) is 5. The molecule has 2 aromatic rings. The van der Waals surface area contributed by atoms with E-state index in [1.165, 1.54) is 12.8 Å². The van der Waals surface area contributed by atoms with E-state index in [0.29, 0.717) is 41.9 Å². The maximum absolute atomic E-state index is 13.2. The molecule has 2 aliphatic rings. The normalized spacial score (nSPS) is 20.2. The Morgan fingerprint density at radius 3 is 2.64 bits per heavy atom. The standard InChI is InChI=1S/C18H25N5O2/c1-10(2)9-14-17-19-16(13-5-6-13)20-23(17)8-7-22(14)18(24)15-11(3)21-25-12(15)4/h10,13-14H,5-9H2,1-4H3/t14-/m0/s1. The molecule has 0 N–H and O–H groups in total. The van der Waals surface area contributed by atoms with Crippen LogP contribution >= 0.6 is 0 Å². The average Bonchev–Trinajstić information content (AvgIpc) is 3.23. The molecule has 0 bridgehead atoms. The number of hydrogen-bond donors (Lipinski definition) is 0. The Hall–Kier alpha value is -2.18. The minimum absolute atomic E-state index is 0.0101. The van der Waals surface area contributed by atoms with Crippen molar-refractivity contribution in [3.63, 3.8) is 0 Å². The number of carbonyl (C=O) groups is 1. The topological polar surface area (TPSA) is 77.0 Å². The van der Waals surface area contributed by atoms with Gasteiger partial charge in [0.1, 0.15) is 17.1 Å². The van der Waals surface area contributed by atoms with E-state index in [4.69, 9.17) is 14.6 Å². The van der Waals surface area contributed by atoms with Gasteiger partial charge in [-0.15, -0.1) is 0 Å². The van der Waals surface area contributed by atoms with Gasteiger partial charge >= 0.3 is 0 Å². The van der Waals surface area contributed by atoms with Crippen molar-refractivity contribution in [1.29, 1.82) is 0 Å². The lowest BCUT2D eigenvalue weighted by Gasteiger charge is -2.36. The van der Waals surface area contributed by atoms with Crippen LogP contribution in [0.1, 0.15) is 78.5 Å². The predicted octanol–water partition coefficient (Wildman–Crippen LogP) is 3.00. The largest absolute Gasteiger partial charge is 0.361 e. The van der Waals surface area contributed by atoms with E-state index in [9.17, 15) is 4.79 Å². The van der Waals surface area contributed by atoms with Crippen LogP contribution in [0.25, 0.3) is 0 Å². The van der Waals surface area contributed by atoms with Crippen molar-refractivity contribution in [1.82, 2.24) is 24.8 Å². The highest BCUT2D eigenvalue weighted by Gasteiger charge is 2.38. The second-order valence-corrected chi connectivity index (χ2v) is 7.67. The zero-order chi connectivity index (χ0) is 17.7. The fraction of sp³-hybridized carbons (Fsp3) is 0.667. The van der Waals surface area contributed by atoms with E-state index >= 15 is 0 Å². The number of carbonyl (C=O) groups excluding carboxylic acids is 1. The summed E-state index contributed by atoms with van der Waals surface area (Å²) in [5.74, 6) is 3.43. The van der Waals surface area contributed by atoms with Crippen LogP contribution in [0.2, 0.25) is 0 Å². The molecule has 7 nitrogen and oxygen atoms in total. The third kappa shape index (κ3) is 2.85. The number of fused-ring (bicyclic) bond motifs is 1. The molecule has 3 heterocycles. The highest BCUT2D eigenvalue weighted by atomic mass is 16.5. The molecule has 1 aliphatic heterocycles. The van der Waals surface area contributed by atoms with Crippen molar-refractivity contribution >= 4 is 5.91 Å². The maximum atomic E-state index is 13.2. The van der Waals surface area contributed by atoms with Crippen LogP contribution in [0.3, 0.4) is 0 Å². The van der Waals surface area contributed by atoms with Gasteiger partial charge in [-0.05, 0) is 39.0 Å². The SMILES string of the molecule is Cc1noc(C)c1C(=O)N1CCn2nc(C3CC3)nc2[C@@H]1CC(C)C. The monoisotopic (exact) mass is 343 g/mol. The van der Waals surface area contributed by atoms with E-state index in [-0.39, 0.29) is 11.9 Å². The van der Waals surface area contributed by atoms with Gasteiger partial charge in [0.15, 0.2) is 5.82 Å². The fourth-order valence-electron chi connectivity index (χ4n) is 3.65. The van der Waals surface area contributed by atoms with Gasteiger partial charge in [0.25, 0.3) is 5.91 Å². The molecular formula is C18H25N5O2. The third-order valence-corrected chi connectivity index (χ3v) is 5.09. The van der Waals surface area contributed by atoms with Gasteiger partial charge in [-0.25, -0.2) is 9.67 Å². The molecule has 0 spiro atoms. The molecule has 2 aromatic heterocycles. The molecule has 1 aliphatic carbocycles. The van der Waals surface area contributed by atoms with Gasteiger partial charge < -0.3 is 9.42 Å². The molecule has 0 unspecified atom stereocenters. The molecule has 134 valence electrons. The molecule has 1 saturated carbocycles. The maximum Gasteiger partial charge on any atom is 0.260 e. The molecule has 25 heavy (non-hydrogen) atoms. The predicted molar refractivity (Wildman–Crippen MR) is 91.2 cm³/mol. The summed E-state index contributed by atoms with van der Waals surface area (Å²) in [6, 6.07) is -0.0463. The van der Waals surface area contributed by atoms with Crippen LogP contribution < -0.4 is 0 Å². The Kier molecular flexibility index (Phi) is 3.89. The Bertz CT molecular complexity index is 783. The zero-order valence-electron chi connectivity index (χ0n) is 15.3. The van der Waals surface area contributed by atoms with Crippen LogP contribution in [0, 0.1) is 19.8 Å². The quantitative estimate of drug-likeness (QED) is 0.853. The molecule has 0 radical (unpaired) electrons. The van der Waals surface area contributed by atoms with Gasteiger partial charge in [0, 0.05) is 12.5 Å². The van der Waals surface area contributed by atoms with Crippen molar-refractivity contribution in [2.75, 3.05) is 6.54 Å². The molecule has 1 atom stereocenters. The first-order chi connectivity index (χ1) is 12.0. The Balaban J connectivity index is 1.70. The molecule has 1 amide bonds. The van der Waals surface area contributed by atoms with Gasteiger partial charge in [-0.2, -0.15) is 5.10 Å². The molecular weight excluding hydrogens is 318 g/mol. The van der Waals surface area contributed by atoms with Crippen LogP contribution in [0.15, 0.2) is 4.52 Å². The lowest BCUT2D eigenvalue weighted by atomic mass is 9.99. The van der Waals surface area contributed by atoms with Gasteiger partial charge in [0.05, 0.1) is 18.3 Å². The van der Waals surface area contributed by atoms with Crippen molar-refractivity contribution in [3.05, 3.63) is 28.7 Å². The van der Waals surface area contributed by atoms with Crippen LogP contribution in [-0.2, 0) is 6.54 Å². The van der Waals surface area contributed by atoms with Crippen LogP contribution in [0.5, 0.6) is 0 Å². The van der Waals surface area contributed by atoms with Crippen molar-refractivity contribution < 1.29 is 9.32 Å². The summed E-state index contributed by atoms with van der Waals surface area (Å²) in [5, 5.41) is 8.64. The van der Waals surface area contributed by atoms with Gasteiger partial charge in [-0.1, -0.05) is 19.0 Å². The van der Waals surface area contributed by atoms with E-state index in [0.717, 1.165) is 18.1 Å². The Labute approximate surface area is 147 Å². The van der Waals surface area contributed by atoms with Gasteiger partial charge in [0.2, 0.25) is 0 Å². The number of aromatic nitrogens is 4. The molecule has 0 aromatic carbocycles. The second-order valence-electron chi connectivity index (χ2n) is 7.67.